The van der Waals surface area contributed by atoms with E-state index in [9.17, 15) is 0 Å². The summed E-state index contributed by atoms with van der Waals surface area (Å²) in [5.41, 5.74) is 2.16. The molecular formula is C13H17N5. The van der Waals surface area contributed by atoms with Crippen LogP contribution < -0.4 is 5.32 Å². The van der Waals surface area contributed by atoms with Gasteiger partial charge in [0.2, 0.25) is 0 Å². The Morgan fingerprint density at radius 2 is 1.83 bits per heavy atom. The molecule has 1 aliphatic rings. The average Bonchev–Trinajstić information content (AvgIpc) is 2.95. The minimum absolute atomic E-state index is 0.637. The van der Waals surface area contributed by atoms with Gasteiger partial charge in [0, 0.05) is 11.7 Å². The molecule has 0 radical (unpaired) electrons. The molecule has 0 bridgehead atoms. The van der Waals surface area contributed by atoms with E-state index >= 15 is 0 Å². The lowest BCUT2D eigenvalue weighted by atomic mass is 9.95. The van der Waals surface area contributed by atoms with Gasteiger partial charge in [-0.05, 0) is 47.5 Å². The normalized spacial score (nSPS) is 16.7. The summed E-state index contributed by atoms with van der Waals surface area (Å²) < 4.78 is 1.66. The van der Waals surface area contributed by atoms with Gasteiger partial charge in [-0.25, -0.2) is 4.68 Å². The fourth-order valence-corrected chi connectivity index (χ4v) is 2.47. The van der Waals surface area contributed by atoms with Crippen molar-refractivity contribution in [1.82, 2.24) is 20.2 Å². The van der Waals surface area contributed by atoms with Crippen molar-refractivity contribution >= 4 is 5.69 Å². The number of hydrogen-bond acceptors (Lipinski definition) is 4. The van der Waals surface area contributed by atoms with Crippen molar-refractivity contribution in [2.75, 3.05) is 5.32 Å². The highest BCUT2D eigenvalue weighted by atomic mass is 15.5. The zero-order valence-electron chi connectivity index (χ0n) is 10.3. The van der Waals surface area contributed by atoms with Crippen molar-refractivity contribution in [3.05, 3.63) is 30.6 Å². The predicted molar refractivity (Wildman–Crippen MR) is 69.6 cm³/mol. The third kappa shape index (κ3) is 2.50. The smallest absolute Gasteiger partial charge is 0.143 e. The molecule has 18 heavy (non-hydrogen) atoms. The zero-order chi connectivity index (χ0) is 12.2. The highest BCUT2D eigenvalue weighted by Gasteiger charge is 2.12. The fourth-order valence-electron chi connectivity index (χ4n) is 2.47. The van der Waals surface area contributed by atoms with Gasteiger partial charge in [-0.15, -0.1) is 5.10 Å². The monoisotopic (exact) mass is 243 g/mol. The van der Waals surface area contributed by atoms with Gasteiger partial charge in [0.1, 0.15) is 6.33 Å². The Hall–Kier alpha value is -1.91. The van der Waals surface area contributed by atoms with E-state index in [1.165, 1.54) is 37.8 Å². The number of hydrogen-bond donors (Lipinski definition) is 1. The summed E-state index contributed by atoms with van der Waals surface area (Å²) in [7, 11) is 0. The SMILES string of the molecule is c1cc(-n2cnnn2)ccc1NC1CCCCC1. The Bertz CT molecular complexity index is 471. The Labute approximate surface area is 106 Å². The number of anilines is 1. The summed E-state index contributed by atoms with van der Waals surface area (Å²) in [6.45, 7) is 0. The molecule has 1 aliphatic carbocycles. The van der Waals surface area contributed by atoms with E-state index in [1.54, 1.807) is 11.0 Å². The number of aromatic nitrogens is 4. The first-order valence-electron chi connectivity index (χ1n) is 6.52. The molecule has 5 heteroatoms. The van der Waals surface area contributed by atoms with Gasteiger partial charge < -0.3 is 5.32 Å². The molecule has 0 amide bonds. The molecule has 0 aliphatic heterocycles. The summed E-state index contributed by atoms with van der Waals surface area (Å²) >= 11 is 0. The van der Waals surface area contributed by atoms with E-state index < -0.39 is 0 Å². The molecule has 0 saturated heterocycles. The van der Waals surface area contributed by atoms with E-state index in [4.69, 9.17) is 0 Å². The third-order valence-electron chi connectivity index (χ3n) is 3.46. The van der Waals surface area contributed by atoms with Gasteiger partial charge in [0.05, 0.1) is 5.69 Å². The average molecular weight is 243 g/mol. The molecular weight excluding hydrogens is 226 g/mol. The summed E-state index contributed by atoms with van der Waals surface area (Å²) in [5.74, 6) is 0. The molecule has 1 heterocycles. The second-order valence-electron chi connectivity index (χ2n) is 4.78. The Kier molecular flexibility index (Phi) is 3.21. The maximum absolute atomic E-state index is 3.87. The van der Waals surface area contributed by atoms with Crippen LogP contribution in [0.2, 0.25) is 0 Å². The molecule has 1 aromatic carbocycles. The highest BCUT2D eigenvalue weighted by Crippen LogP contribution is 2.22. The molecule has 1 aromatic heterocycles. The molecule has 5 nitrogen and oxygen atoms in total. The predicted octanol–water partition coefficient (Wildman–Crippen LogP) is 2.41. The Morgan fingerprint density at radius 1 is 1.06 bits per heavy atom. The first kappa shape index (κ1) is 11.2. The van der Waals surface area contributed by atoms with Gasteiger partial charge in [-0.1, -0.05) is 19.3 Å². The van der Waals surface area contributed by atoms with Crippen molar-refractivity contribution in [3.8, 4) is 5.69 Å². The molecule has 3 rings (SSSR count). The second-order valence-corrected chi connectivity index (χ2v) is 4.78. The quantitative estimate of drug-likeness (QED) is 0.899. The summed E-state index contributed by atoms with van der Waals surface area (Å²) in [4.78, 5) is 0. The first-order valence-corrected chi connectivity index (χ1v) is 6.52. The van der Waals surface area contributed by atoms with E-state index in [0.29, 0.717) is 6.04 Å². The summed E-state index contributed by atoms with van der Waals surface area (Å²) in [5, 5.41) is 14.7. The number of tetrazole rings is 1. The van der Waals surface area contributed by atoms with Crippen LogP contribution in [0.1, 0.15) is 32.1 Å². The minimum atomic E-state index is 0.637. The van der Waals surface area contributed by atoms with Crippen LogP contribution in [0.25, 0.3) is 5.69 Å². The van der Waals surface area contributed by atoms with Crippen LogP contribution in [0.4, 0.5) is 5.69 Å². The topological polar surface area (TPSA) is 55.6 Å². The van der Waals surface area contributed by atoms with E-state index in [0.717, 1.165) is 5.69 Å². The van der Waals surface area contributed by atoms with Crippen LogP contribution in [-0.2, 0) is 0 Å². The van der Waals surface area contributed by atoms with Gasteiger partial charge in [-0.2, -0.15) is 0 Å². The highest BCUT2D eigenvalue weighted by molar-refractivity contribution is 5.48. The van der Waals surface area contributed by atoms with Crippen molar-refractivity contribution in [1.29, 1.82) is 0 Å². The molecule has 2 aromatic rings. The van der Waals surface area contributed by atoms with Crippen LogP contribution in [0, 0.1) is 0 Å². The Balaban J connectivity index is 1.67. The van der Waals surface area contributed by atoms with Crippen LogP contribution in [0.15, 0.2) is 30.6 Å². The fraction of sp³-hybridized carbons (Fsp3) is 0.462. The molecule has 0 spiro atoms. The molecule has 1 N–H and O–H groups in total. The van der Waals surface area contributed by atoms with Crippen molar-refractivity contribution in [2.24, 2.45) is 0 Å². The zero-order valence-corrected chi connectivity index (χ0v) is 10.3. The molecule has 0 atom stereocenters. The summed E-state index contributed by atoms with van der Waals surface area (Å²) in [6, 6.07) is 8.87. The van der Waals surface area contributed by atoms with Crippen LogP contribution in [0.3, 0.4) is 0 Å². The van der Waals surface area contributed by atoms with Gasteiger partial charge >= 0.3 is 0 Å². The third-order valence-corrected chi connectivity index (χ3v) is 3.46. The second kappa shape index (κ2) is 5.16. The minimum Gasteiger partial charge on any atom is -0.382 e. The van der Waals surface area contributed by atoms with Crippen molar-refractivity contribution in [2.45, 2.75) is 38.1 Å². The van der Waals surface area contributed by atoms with E-state index in [2.05, 4.69) is 33.0 Å². The molecule has 94 valence electrons. The van der Waals surface area contributed by atoms with E-state index in [-0.39, 0.29) is 0 Å². The largest absolute Gasteiger partial charge is 0.382 e. The molecule has 1 saturated carbocycles. The lowest BCUT2D eigenvalue weighted by molar-refractivity contribution is 0.463. The lowest BCUT2D eigenvalue weighted by Crippen LogP contribution is -2.22. The van der Waals surface area contributed by atoms with Gasteiger partial charge in [0.15, 0.2) is 0 Å². The van der Waals surface area contributed by atoms with Crippen LogP contribution >= 0.6 is 0 Å². The first-order chi connectivity index (χ1) is 8.92. The number of rotatable bonds is 3. The number of benzene rings is 1. The molecule has 1 fully saturated rings. The van der Waals surface area contributed by atoms with Gasteiger partial charge in [-0.3, -0.25) is 0 Å². The summed E-state index contributed by atoms with van der Waals surface area (Å²) in [6.07, 6.45) is 8.25. The van der Waals surface area contributed by atoms with Crippen molar-refractivity contribution < 1.29 is 0 Å². The van der Waals surface area contributed by atoms with Crippen LogP contribution in [-0.4, -0.2) is 26.2 Å². The lowest BCUT2D eigenvalue weighted by Gasteiger charge is -2.23. The van der Waals surface area contributed by atoms with Crippen LogP contribution in [0.5, 0.6) is 0 Å². The maximum Gasteiger partial charge on any atom is 0.143 e. The Morgan fingerprint density at radius 3 is 2.50 bits per heavy atom. The van der Waals surface area contributed by atoms with E-state index in [1.807, 2.05) is 12.1 Å². The number of nitrogens with zero attached hydrogens (tertiary/aromatic N) is 4. The standard InChI is InChI=1S/C13H17N5/c1-2-4-11(5-3-1)15-12-6-8-13(9-7-12)18-10-14-16-17-18/h6-11,15H,1-5H2. The maximum atomic E-state index is 3.87. The van der Waals surface area contributed by atoms with Crippen molar-refractivity contribution in [3.63, 3.8) is 0 Å². The molecule has 0 unspecified atom stereocenters. The number of nitrogens with one attached hydrogen (secondary N) is 1. The van der Waals surface area contributed by atoms with Gasteiger partial charge in [0.25, 0.3) is 0 Å².